The third-order valence-corrected chi connectivity index (χ3v) is 3.76. The first-order valence-electron chi connectivity index (χ1n) is 6.08. The lowest BCUT2D eigenvalue weighted by molar-refractivity contribution is 0.864. The van der Waals surface area contributed by atoms with Crippen LogP contribution in [0.5, 0.6) is 0 Å². The number of nitrogens with one attached hydrogen (secondary N) is 1. The molecule has 1 unspecified atom stereocenters. The SMILES string of the molecule is C1=CC2=c3cc4cc[nH]c4cc3=CCC2C=C1. The zero-order chi connectivity index (χ0) is 11.2. The Morgan fingerprint density at radius 1 is 1.18 bits per heavy atom. The number of benzene rings is 1. The standard InChI is InChI=1S/C16H13N/c1-2-4-14-11(3-1)5-6-12-10-16-13(7-8-17-16)9-15(12)14/h1-4,6-11,17H,5H2. The predicted octanol–water partition coefficient (Wildman–Crippen LogP) is 2.25. The maximum Gasteiger partial charge on any atom is 0.0460 e. The molecule has 1 nitrogen and oxygen atoms in total. The molecule has 1 atom stereocenters. The minimum atomic E-state index is 0.573. The third kappa shape index (κ3) is 1.26. The van der Waals surface area contributed by atoms with Crippen LogP contribution in [-0.2, 0) is 0 Å². The van der Waals surface area contributed by atoms with Gasteiger partial charge in [0.15, 0.2) is 0 Å². The van der Waals surface area contributed by atoms with Gasteiger partial charge in [0.05, 0.1) is 0 Å². The quantitative estimate of drug-likeness (QED) is 0.699. The van der Waals surface area contributed by atoms with Gasteiger partial charge in [-0.2, -0.15) is 0 Å². The van der Waals surface area contributed by atoms with E-state index in [1.165, 1.54) is 26.9 Å². The predicted molar refractivity (Wildman–Crippen MR) is 71.8 cm³/mol. The Kier molecular flexibility index (Phi) is 1.72. The molecule has 0 spiro atoms. The van der Waals surface area contributed by atoms with Crippen LogP contribution in [0, 0.1) is 5.92 Å². The highest BCUT2D eigenvalue weighted by molar-refractivity contribution is 5.81. The monoisotopic (exact) mass is 219 g/mol. The van der Waals surface area contributed by atoms with Gasteiger partial charge in [-0.05, 0) is 46.0 Å². The summed E-state index contributed by atoms with van der Waals surface area (Å²) in [6, 6.07) is 6.71. The molecule has 0 saturated heterocycles. The number of aromatic nitrogens is 1. The van der Waals surface area contributed by atoms with Crippen LogP contribution in [-0.4, -0.2) is 4.98 Å². The summed E-state index contributed by atoms with van der Waals surface area (Å²) >= 11 is 0. The first-order valence-corrected chi connectivity index (χ1v) is 6.08. The summed E-state index contributed by atoms with van der Waals surface area (Å²) in [5.74, 6) is 0.573. The molecule has 82 valence electrons. The summed E-state index contributed by atoms with van der Waals surface area (Å²) in [6.07, 6.45) is 14.3. The maximum absolute atomic E-state index is 3.28. The Hall–Kier alpha value is -2.02. The highest BCUT2D eigenvalue weighted by Crippen LogP contribution is 2.24. The molecule has 0 radical (unpaired) electrons. The Bertz CT molecular complexity index is 771. The zero-order valence-corrected chi connectivity index (χ0v) is 9.48. The van der Waals surface area contributed by atoms with Crippen molar-refractivity contribution >= 4 is 22.6 Å². The average molecular weight is 219 g/mol. The minimum absolute atomic E-state index is 0.573. The van der Waals surface area contributed by atoms with Crippen molar-refractivity contribution in [2.75, 3.05) is 0 Å². The molecule has 2 aliphatic carbocycles. The molecule has 0 fully saturated rings. The molecule has 0 aliphatic heterocycles. The number of hydrogen-bond donors (Lipinski definition) is 1. The fourth-order valence-corrected chi connectivity index (χ4v) is 2.87. The highest BCUT2D eigenvalue weighted by Gasteiger charge is 2.14. The van der Waals surface area contributed by atoms with Crippen LogP contribution in [0.1, 0.15) is 6.42 Å². The molecule has 4 rings (SSSR count). The van der Waals surface area contributed by atoms with Crippen LogP contribution in [0.2, 0.25) is 0 Å². The minimum Gasteiger partial charge on any atom is -0.361 e. The molecule has 1 aromatic carbocycles. The van der Waals surface area contributed by atoms with Crippen molar-refractivity contribution in [3.63, 3.8) is 0 Å². The van der Waals surface area contributed by atoms with Crippen molar-refractivity contribution in [3.05, 3.63) is 59.1 Å². The van der Waals surface area contributed by atoms with Crippen LogP contribution >= 0.6 is 0 Å². The number of rotatable bonds is 0. The molecule has 2 aliphatic rings. The lowest BCUT2D eigenvalue weighted by Crippen LogP contribution is -2.32. The van der Waals surface area contributed by atoms with Crippen LogP contribution in [0.15, 0.2) is 48.7 Å². The second-order valence-electron chi connectivity index (χ2n) is 4.75. The van der Waals surface area contributed by atoms with Gasteiger partial charge in [-0.1, -0.05) is 30.4 Å². The number of fused-ring (bicyclic) bond motifs is 3. The van der Waals surface area contributed by atoms with E-state index in [-0.39, 0.29) is 0 Å². The first kappa shape index (κ1) is 9.06. The van der Waals surface area contributed by atoms with Crippen LogP contribution in [0.25, 0.3) is 22.6 Å². The van der Waals surface area contributed by atoms with Crippen LogP contribution in [0.3, 0.4) is 0 Å². The van der Waals surface area contributed by atoms with E-state index < -0.39 is 0 Å². The Balaban J connectivity index is 2.18. The number of aromatic amines is 1. The first-order chi connectivity index (χ1) is 8.42. The van der Waals surface area contributed by atoms with Crippen molar-refractivity contribution in [1.29, 1.82) is 0 Å². The summed E-state index contributed by atoms with van der Waals surface area (Å²) in [7, 11) is 0. The van der Waals surface area contributed by atoms with E-state index in [1.54, 1.807) is 0 Å². The van der Waals surface area contributed by atoms with E-state index in [1.807, 2.05) is 6.20 Å². The molecule has 0 saturated carbocycles. The van der Waals surface area contributed by atoms with Gasteiger partial charge in [0.25, 0.3) is 0 Å². The van der Waals surface area contributed by atoms with Gasteiger partial charge in [-0.3, -0.25) is 0 Å². The van der Waals surface area contributed by atoms with E-state index in [9.17, 15) is 0 Å². The molecule has 1 heteroatoms. The fourth-order valence-electron chi connectivity index (χ4n) is 2.87. The largest absolute Gasteiger partial charge is 0.361 e. The van der Waals surface area contributed by atoms with Gasteiger partial charge in [-0.15, -0.1) is 0 Å². The lowest BCUT2D eigenvalue weighted by Gasteiger charge is -2.19. The number of H-pyrrole nitrogens is 1. The van der Waals surface area contributed by atoms with E-state index in [2.05, 4.69) is 53.6 Å². The number of allylic oxidation sites excluding steroid dienone is 4. The second-order valence-corrected chi connectivity index (χ2v) is 4.75. The van der Waals surface area contributed by atoms with Gasteiger partial charge in [0.1, 0.15) is 0 Å². The summed E-state index contributed by atoms with van der Waals surface area (Å²) in [5, 5.41) is 4.06. The Labute approximate surface area is 99.5 Å². The van der Waals surface area contributed by atoms with E-state index in [0.29, 0.717) is 5.92 Å². The topological polar surface area (TPSA) is 15.8 Å². The molecule has 2 aromatic rings. The molecule has 17 heavy (non-hydrogen) atoms. The molecule has 0 bridgehead atoms. The second kappa shape index (κ2) is 3.24. The summed E-state index contributed by atoms with van der Waals surface area (Å²) in [6.45, 7) is 0. The van der Waals surface area contributed by atoms with E-state index in [4.69, 9.17) is 0 Å². The van der Waals surface area contributed by atoms with Crippen LogP contribution in [0.4, 0.5) is 0 Å². The van der Waals surface area contributed by atoms with Crippen LogP contribution < -0.4 is 10.4 Å². The molecule has 1 aromatic heterocycles. The average Bonchev–Trinajstić information content (AvgIpc) is 2.83. The van der Waals surface area contributed by atoms with Crippen molar-refractivity contribution in [2.24, 2.45) is 5.92 Å². The maximum atomic E-state index is 3.28. The van der Waals surface area contributed by atoms with E-state index >= 15 is 0 Å². The van der Waals surface area contributed by atoms with Gasteiger partial charge >= 0.3 is 0 Å². The molecule has 1 heterocycles. The lowest BCUT2D eigenvalue weighted by atomic mass is 9.85. The molecular weight excluding hydrogens is 206 g/mol. The molecule has 0 amide bonds. The van der Waals surface area contributed by atoms with Gasteiger partial charge < -0.3 is 4.98 Å². The Morgan fingerprint density at radius 3 is 3.18 bits per heavy atom. The van der Waals surface area contributed by atoms with Crippen molar-refractivity contribution in [3.8, 4) is 0 Å². The highest BCUT2D eigenvalue weighted by atomic mass is 14.7. The fraction of sp³-hybridized carbons (Fsp3) is 0.125. The van der Waals surface area contributed by atoms with Crippen molar-refractivity contribution in [1.82, 2.24) is 4.98 Å². The summed E-state index contributed by atoms with van der Waals surface area (Å²) in [5.41, 5.74) is 2.70. The Morgan fingerprint density at radius 2 is 2.18 bits per heavy atom. The van der Waals surface area contributed by atoms with Gasteiger partial charge in [-0.25, -0.2) is 0 Å². The number of hydrogen-bond acceptors (Lipinski definition) is 0. The summed E-state index contributed by atoms with van der Waals surface area (Å²) < 4.78 is 0. The van der Waals surface area contributed by atoms with Gasteiger partial charge in [0, 0.05) is 17.6 Å². The van der Waals surface area contributed by atoms with E-state index in [0.717, 1.165) is 6.42 Å². The third-order valence-electron chi connectivity index (χ3n) is 3.76. The smallest absolute Gasteiger partial charge is 0.0460 e. The zero-order valence-electron chi connectivity index (χ0n) is 9.48. The normalized spacial score (nSPS) is 21.2. The van der Waals surface area contributed by atoms with Crippen molar-refractivity contribution < 1.29 is 0 Å². The van der Waals surface area contributed by atoms with Crippen molar-refractivity contribution in [2.45, 2.75) is 6.42 Å². The van der Waals surface area contributed by atoms with Gasteiger partial charge in [0.2, 0.25) is 0 Å². The molecule has 1 N–H and O–H groups in total. The molecular formula is C16H13N. The summed E-state index contributed by atoms with van der Waals surface area (Å²) in [4.78, 5) is 3.28.